The second-order valence-electron chi connectivity index (χ2n) is 7.70. The minimum absolute atomic E-state index is 0.109. The van der Waals surface area contributed by atoms with Gasteiger partial charge in [-0.1, -0.05) is 0 Å². The molecule has 148 valence electrons. The zero-order chi connectivity index (χ0) is 18.5. The molecule has 4 rings (SSSR count). The molecule has 0 radical (unpaired) electrons. The van der Waals surface area contributed by atoms with E-state index in [0.717, 1.165) is 70.1 Å². The van der Waals surface area contributed by atoms with Gasteiger partial charge in [-0.15, -0.1) is 0 Å². The van der Waals surface area contributed by atoms with E-state index in [-0.39, 0.29) is 12.0 Å². The topological polar surface area (TPSA) is 51.2 Å². The van der Waals surface area contributed by atoms with Crippen LogP contribution in [0.5, 0.6) is 5.75 Å². The zero-order valence-corrected chi connectivity index (χ0v) is 16.0. The van der Waals surface area contributed by atoms with Gasteiger partial charge in [0.2, 0.25) is 0 Å². The Bertz CT molecular complexity index is 601. The summed E-state index contributed by atoms with van der Waals surface area (Å²) in [6, 6.07) is 7.50. The maximum absolute atomic E-state index is 12.8. The number of amides is 1. The average Bonchev–Trinajstić information content (AvgIpc) is 3.41. The predicted molar refractivity (Wildman–Crippen MR) is 102 cm³/mol. The highest BCUT2D eigenvalue weighted by Gasteiger charge is 2.25. The van der Waals surface area contributed by atoms with E-state index in [1.54, 1.807) is 0 Å². The zero-order valence-electron chi connectivity index (χ0n) is 16.0. The van der Waals surface area contributed by atoms with Crippen molar-refractivity contribution in [2.24, 2.45) is 0 Å². The number of nitrogens with zero attached hydrogens (tertiary/aromatic N) is 2. The fourth-order valence-corrected chi connectivity index (χ4v) is 4.05. The summed E-state index contributed by atoms with van der Waals surface area (Å²) in [5.74, 6) is 0.904. The Balaban J connectivity index is 1.23. The number of rotatable bonds is 6. The monoisotopic (exact) mass is 374 g/mol. The Labute approximate surface area is 161 Å². The van der Waals surface area contributed by atoms with E-state index in [0.29, 0.717) is 12.7 Å². The number of carbonyl (C=O) groups is 1. The van der Waals surface area contributed by atoms with Gasteiger partial charge in [0.15, 0.2) is 0 Å². The van der Waals surface area contributed by atoms with Crippen molar-refractivity contribution in [2.75, 3.05) is 52.5 Å². The molecule has 1 aromatic rings. The second-order valence-corrected chi connectivity index (χ2v) is 7.70. The van der Waals surface area contributed by atoms with E-state index in [4.69, 9.17) is 14.2 Å². The van der Waals surface area contributed by atoms with Crippen molar-refractivity contribution in [2.45, 2.75) is 37.9 Å². The third-order valence-corrected chi connectivity index (χ3v) is 5.71. The fourth-order valence-electron chi connectivity index (χ4n) is 4.05. The molecule has 0 unspecified atom stereocenters. The molecule has 3 heterocycles. The van der Waals surface area contributed by atoms with Gasteiger partial charge in [-0.2, -0.15) is 0 Å². The van der Waals surface area contributed by atoms with Crippen molar-refractivity contribution < 1.29 is 19.0 Å². The minimum Gasteiger partial charge on any atom is -0.491 e. The minimum atomic E-state index is 0.109. The van der Waals surface area contributed by atoms with Gasteiger partial charge in [-0.25, -0.2) is 0 Å². The van der Waals surface area contributed by atoms with Crippen LogP contribution in [0.25, 0.3) is 0 Å². The lowest BCUT2D eigenvalue weighted by Gasteiger charge is -2.35. The Kier molecular flexibility index (Phi) is 6.27. The first-order valence-corrected chi connectivity index (χ1v) is 10.3. The van der Waals surface area contributed by atoms with Crippen LogP contribution in [-0.2, 0) is 9.47 Å². The van der Waals surface area contributed by atoms with Gasteiger partial charge in [0, 0.05) is 51.5 Å². The SMILES string of the molecule is O=C(c1ccc(OC[C@@H]2CCCO2)cc1)N1CCN(C[C@@H]2CCCO2)CC1. The van der Waals surface area contributed by atoms with Crippen molar-refractivity contribution >= 4 is 5.91 Å². The van der Waals surface area contributed by atoms with Gasteiger partial charge >= 0.3 is 0 Å². The molecule has 27 heavy (non-hydrogen) atoms. The molecule has 3 aliphatic rings. The summed E-state index contributed by atoms with van der Waals surface area (Å²) in [6.07, 6.45) is 5.11. The highest BCUT2D eigenvalue weighted by Crippen LogP contribution is 2.19. The third kappa shape index (κ3) is 5.00. The molecule has 0 bridgehead atoms. The van der Waals surface area contributed by atoms with Crippen molar-refractivity contribution in [3.63, 3.8) is 0 Å². The lowest BCUT2D eigenvalue weighted by atomic mass is 10.1. The number of carbonyl (C=O) groups excluding carboxylic acids is 1. The molecule has 0 N–H and O–H groups in total. The van der Waals surface area contributed by atoms with Crippen molar-refractivity contribution in [1.29, 1.82) is 0 Å². The maximum Gasteiger partial charge on any atom is 0.253 e. The molecule has 2 atom stereocenters. The quantitative estimate of drug-likeness (QED) is 0.764. The summed E-state index contributed by atoms with van der Waals surface area (Å²) < 4.78 is 17.1. The van der Waals surface area contributed by atoms with Gasteiger partial charge < -0.3 is 19.1 Å². The largest absolute Gasteiger partial charge is 0.491 e. The van der Waals surface area contributed by atoms with E-state index < -0.39 is 0 Å². The van der Waals surface area contributed by atoms with Crippen LogP contribution in [-0.4, -0.2) is 80.5 Å². The lowest BCUT2D eigenvalue weighted by molar-refractivity contribution is 0.0432. The fraction of sp³-hybridized carbons (Fsp3) is 0.667. The van der Waals surface area contributed by atoms with E-state index in [1.807, 2.05) is 29.2 Å². The Morgan fingerprint density at radius 3 is 2.26 bits per heavy atom. The van der Waals surface area contributed by atoms with Crippen LogP contribution in [0, 0.1) is 0 Å². The predicted octanol–water partition coefficient (Wildman–Crippen LogP) is 2.18. The first-order chi connectivity index (χ1) is 13.3. The van der Waals surface area contributed by atoms with E-state index in [9.17, 15) is 4.79 Å². The molecule has 6 nitrogen and oxygen atoms in total. The molecule has 0 aliphatic carbocycles. The summed E-state index contributed by atoms with van der Waals surface area (Å²) in [5.41, 5.74) is 0.729. The summed E-state index contributed by atoms with van der Waals surface area (Å²) in [7, 11) is 0. The van der Waals surface area contributed by atoms with Gasteiger partial charge in [0.05, 0.1) is 12.2 Å². The highest BCUT2D eigenvalue weighted by atomic mass is 16.5. The number of benzene rings is 1. The lowest BCUT2D eigenvalue weighted by Crippen LogP contribution is -2.50. The molecule has 0 aromatic heterocycles. The normalized spacial score (nSPS) is 26.4. The first kappa shape index (κ1) is 18.7. The van der Waals surface area contributed by atoms with Crippen LogP contribution in [0.3, 0.4) is 0 Å². The van der Waals surface area contributed by atoms with Crippen LogP contribution < -0.4 is 4.74 Å². The van der Waals surface area contributed by atoms with Crippen LogP contribution in [0.1, 0.15) is 36.0 Å². The van der Waals surface area contributed by atoms with Gasteiger partial charge in [-0.3, -0.25) is 9.69 Å². The van der Waals surface area contributed by atoms with Crippen LogP contribution in [0.15, 0.2) is 24.3 Å². The summed E-state index contributed by atoms with van der Waals surface area (Å²) in [4.78, 5) is 17.1. The Morgan fingerprint density at radius 2 is 1.63 bits per heavy atom. The first-order valence-electron chi connectivity index (χ1n) is 10.3. The second kappa shape index (κ2) is 9.04. The molecule has 0 spiro atoms. The van der Waals surface area contributed by atoms with Gasteiger partial charge in [0.1, 0.15) is 12.4 Å². The smallest absolute Gasteiger partial charge is 0.253 e. The van der Waals surface area contributed by atoms with Crippen molar-refractivity contribution in [3.05, 3.63) is 29.8 Å². The van der Waals surface area contributed by atoms with Crippen LogP contribution >= 0.6 is 0 Å². The molecule has 3 fully saturated rings. The van der Waals surface area contributed by atoms with Gasteiger partial charge in [-0.05, 0) is 49.9 Å². The number of ether oxygens (including phenoxy) is 3. The standard InChI is InChI=1S/C21H30N2O4/c24-21(23-11-9-22(10-12-23)15-19-3-1-13-25-19)17-5-7-18(8-6-17)27-16-20-4-2-14-26-20/h5-8,19-20H,1-4,9-16H2/t19-,20-/m0/s1. The maximum atomic E-state index is 12.8. The number of hydrogen-bond donors (Lipinski definition) is 0. The molecule has 3 saturated heterocycles. The number of hydrogen-bond acceptors (Lipinski definition) is 5. The van der Waals surface area contributed by atoms with E-state index >= 15 is 0 Å². The summed E-state index contributed by atoms with van der Waals surface area (Å²) in [6.45, 7) is 6.73. The number of piperazine rings is 1. The van der Waals surface area contributed by atoms with E-state index in [1.165, 1.54) is 12.8 Å². The highest BCUT2D eigenvalue weighted by molar-refractivity contribution is 5.94. The average molecular weight is 374 g/mol. The summed E-state index contributed by atoms with van der Waals surface area (Å²) in [5, 5.41) is 0. The molecular weight excluding hydrogens is 344 g/mol. The molecule has 1 amide bonds. The van der Waals surface area contributed by atoms with E-state index in [2.05, 4.69) is 4.90 Å². The third-order valence-electron chi connectivity index (χ3n) is 5.71. The molecule has 0 saturated carbocycles. The van der Waals surface area contributed by atoms with Gasteiger partial charge in [0.25, 0.3) is 5.91 Å². The van der Waals surface area contributed by atoms with Crippen molar-refractivity contribution in [1.82, 2.24) is 9.80 Å². The summed E-state index contributed by atoms with van der Waals surface area (Å²) >= 11 is 0. The molecule has 6 heteroatoms. The molecule has 3 aliphatic heterocycles. The Morgan fingerprint density at radius 1 is 0.963 bits per heavy atom. The van der Waals surface area contributed by atoms with Crippen LogP contribution in [0.4, 0.5) is 0 Å². The van der Waals surface area contributed by atoms with Crippen molar-refractivity contribution in [3.8, 4) is 5.75 Å². The Hall–Kier alpha value is -1.63. The molecular formula is C21H30N2O4. The molecule has 1 aromatic carbocycles. The van der Waals surface area contributed by atoms with Crippen LogP contribution in [0.2, 0.25) is 0 Å².